The van der Waals surface area contributed by atoms with Crippen LogP contribution in [0.25, 0.3) is 0 Å². The van der Waals surface area contributed by atoms with E-state index in [4.69, 9.17) is 0 Å². The number of nitrogens with zero attached hydrogens (tertiary/aromatic N) is 1. The molecule has 164 valence electrons. The lowest BCUT2D eigenvalue weighted by molar-refractivity contribution is -0.127. The third-order valence-corrected chi connectivity index (χ3v) is 6.80. The molecule has 3 unspecified atom stereocenters. The first-order valence-electron chi connectivity index (χ1n) is 11.7. The van der Waals surface area contributed by atoms with Gasteiger partial charge in [-0.1, -0.05) is 47.5 Å². The summed E-state index contributed by atoms with van der Waals surface area (Å²) in [5, 5.41) is 3.30. The van der Waals surface area contributed by atoms with Crippen LogP contribution in [0.5, 0.6) is 0 Å². The highest BCUT2D eigenvalue weighted by atomic mass is 16.2. The highest BCUT2D eigenvalue weighted by Crippen LogP contribution is 2.29. The van der Waals surface area contributed by atoms with Crippen molar-refractivity contribution < 1.29 is 9.59 Å². The molecule has 1 N–H and O–H groups in total. The van der Waals surface area contributed by atoms with Gasteiger partial charge in [0.25, 0.3) is 5.91 Å². The van der Waals surface area contributed by atoms with E-state index in [0.29, 0.717) is 12.5 Å². The summed E-state index contributed by atoms with van der Waals surface area (Å²) >= 11 is 0. The van der Waals surface area contributed by atoms with Crippen LogP contribution in [0, 0.1) is 25.7 Å². The molecular weight excluding hydrogens is 384 g/mol. The number of rotatable bonds is 5. The summed E-state index contributed by atoms with van der Waals surface area (Å²) in [6.45, 7) is 5.29. The first-order valence-corrected chi connectivity index (χ1v) is 11.7. The molecule has 0 radical (unpaired) electrons. The van der Waals surface area contributed by atoms with Crippen molar-refractivity contribution in [1.29, 1.82) is 0 Å². The third kappa shape index (κ3) is 5.55. The minimum atomic E-state index is -0.100. The summed E-state index contributed by atoms with van der Waals surface area (Å²) in [5.41, 5.74) is 4.31. The molecular formula is C27H34N2O2. The number of carbonyl (C=O) groups is 2. The molecule has 1 saturated carbocycles. The van der Waals surface area contributed by atoms with E-state index in [1.54, 1.807) is 0 Å². The fourth-order valence-electron chi connectivity index (χ4n) is 5.31. The Morgan fingerprint density at radius 3 is 2.48 bits per heavy atom. The second kappa shape index (κ2) is 9.67. The van der Waals surface area contributed by atoms with Gasteiger partial charge < -0.3 is 10.2 Å². The second-order valence-corrected chi connectivity index (χ2v) is 9.54. The second-order valence-electron chi connectivity index (χ2n) is 9.54. The lowest BCUT2D eigenvalue weighted by Crippen LogP contribution is -2.47. The molecule has 0 bridgehead atoms. The van der Waals surface area contributed by atoms with Crippen molar-refractivity contribution in [3.8, 4) is 0 Å². The smallest absolute Gasteiger partial charge is 0.253 e. The van der Waals surface area contributed by atoms with Crippen molar-refractivity contribution in [2.75, 3.05) is 13.1 Å². The van der Waals surface area contributed by atoms with Gasteiger partial charge in [0.15, 0.2) is 0 Å². The Kier molecular flexibility index (Phi) is 6.74. The molecule has 4 nitrogen and oxygen atoms in total. The number of aryl methyl sites for hydroxylation is 2. The highest BCUT2D eigenvalue weighted by molar-refractivity contribution is 5.95. The molecule has 3 atom stereocenters. The minimum Gasteiger partial charge on any atom is -0.353 e. The van der Waals surface area contributed by atoms with E-state index < -0.39 is 0 Å². The van der Waals surface area contributed by atoms with Gasteiger partial charge in [-0.05, 0) is 76.0 Å². The normalized spacial score (nSPS) is 23.5. The summed E-state index contributed by atoms with van der Waals surface area (Å²) in [7, 11) is 0. The van der Waals surface area contributed by atoms with Gasteiger partial charge in [-0.25, -0.2) is 0 Å². The monoisotopic (exact) mass is 418 g/mol. The number of amides is 2. The van der Waals surface area contributed by atoms with E-state index >= 15 is 0 Å². The number of piperidine rings is 1. The van der Waals surface area contributed by atoms with E-state index in [0.717, 1.165) is 55.3 Å². The number of hydrogen-bond donors (Lipinski definition) is 1. The molecule has 2 aromatic rings. The van der Waals surface area contributed by atoms with Crippen LogP contribution >= 0.6 is 0 Å². The zero-order valence-electron chi connectivity index (χ0n) is 18.8. The molecule has 2 amide bonds. The van der Waals surface area contributed by atoms with Gasteiger partial charge in [-0.2, -0.15) is 0 Å². The standard InChI is InChI=1S/C27H34N2O2/c1-19-13-20(2)15-24(14-19)27(31)29-12-6-9-23(18-29)26(30)28-25-11-10-22(17-25)16-21-7-4-3-5-8-21/h3-5,7-8,13-15,22-23,25H,6,9-12,16-18H2,1-2H3,(H,28,30). The molecule has 31 heavy (non-hydrogen) atoms. The maximum atomic E-state index is 13.0. The van der Waals surface area contributed by atoms with Gasteiger partial charge in [0.2, 0.25) is 5.91 Å². The van der Waals surface area contributed by atoms with Crippen LogP contribution in [0.3, 0.4) is 0 Å². The van der Waals surface area contributed by atoms with Gasteiger partial charge in [0.1, 0.15) is 0 Å². The van der Waals surface area contributed by atoms with E-state index in [1.807, 2.05) is 30.9 Å². The van der Waals surface area contributed by atoms with Gasteiger partial charge in [-0.15, -0.1) is 0 Å². The van der Waals surface area contributed by atoms with Crippen LogP contribution in [0.15, 0.2) is 48.5 Å². The molecule has 2 aliphatic rings. The van der Waals surface area contributed by atoms with Crippen molar-refractivity contribution >= 4 is 11.8 Å². The van der Waals surface area contributed by atoms with Crippen molar-refractivity contribution in [3.63, 3.8) is 0 Å². The SMILES string of the molecule is Cc1cc(C)cc(C(=O)N2CCCC(C(=O)NC3CCC(Cc4ccccc4)C3)C2)c1. The molecule has 1 aliphatic carbocycles. The van der Waals surface area contributed by atoms with E-state index in [1.165, 1.54) is 12.0 Å². The molecule has 2 aromatic carbocycles. The topological polar surface area (TPSA) is 49.4 Å². The predicted octanol–water partition coefficient (Wildman–Crippen LogP) is 4.68. The van der Waals surface area contributed by atoms with Crippen molar-refractivity contribution in [3.05, 3.63) is 70.8 Å². The van der Waals surface area contributed by atoms with Crippen molar-refractivity contribution in [2.45, 2.75) is 58.4 Å². The predicted molar refractivity (Wildman–Crippen MR) is 124 cm³/mol. The molecule has 1 saturated heterocycles. The number of carbonyl (C=O) groups excluding carboxylic acids is 2. The first-order chi connectivity index (χ1) is 15.0. The summed E-state index contributed by atoms with van der Waals surface area (Å²) in [6.07, 6.45) is 6.12. The van der Waals surface area contributed by atoms with Crippen LogP contribution < -0.4 is 5.32 Å². The Morgan fingerprint density at radius 2 is 1.74 bits per heavy atom. The third-order valence-electron chi connectivity index (χ3n) is 6.80. The fourth-order valence-corrected chi connectivity index (χ4v) is 5.31. The van der Waals surface area contributed by atoms with Gasteiger partial charge >= 0.3 is 0 Å². The van der Waals surface area contributed by atoms with Crippen LogP contribution in [0.2, 0.25) is 0 Å². The Morgan fingerprint density at radius 1 is 1.00 bits per heavy atom. The number of nitrogens with one attached hydrogen (secondary N) is 1. The molecule has 4 heteroatoms. The summed E-state index contributed by atoms with van der Waals surface area (Å²) in [4.78, 5) is 27.9. The van der Waals surface area contributed by atoms with E-state index in [-0.39, 0.29) is 23.8 Å². The van der Waals surface area contributed by atoms with Crippen molar-refractivity contribution in [1.82, 2.24) is 10.2 Å². The molecule has 1 aliphatic heterocycles. The minimum absolute atomic E-state index is 0.0492. The van der Waals surface area contributed by atoms with Crippen LogP contribution in [0.4, 0.5) is 0 Å². The zero-order valence-corrected chi connectivity index (χ0v) is 18.8. The quantitative estimate of drug-likeness (QED) is 0.766. The fraction of sp³-hybridized carbons (Fsp3) is 0.481. The largest absolute Gasteiger partial charge is 0.353 e. The Balaban J connectivity index is 1.30. The Labute approximate surface area is 186 Å². The first kappa shape index (κ1) is 21.6. The highest BCUT2D eigenvalue weighted by Gasteiger charge is 2.32. The number of benzene rings is 2. The van der Waals surface area contributed by atoms with Crippen LogP contribution in [-0.2, 0) is 11.2 Å². The Hall–Kier alpha value is -2.62. The maximum Gasteiger partial charge on any atom is 0.253 e. The number of likely N-dealkylation sites (tertiary alicyclic amines) is 1. The summed E-state index contributed by atoms with van der Waals surface area (Å²) in [6, 6.07) is 16.9. The maximum absolute atomic E-state index is 13.0. The Bertz CT molecular complexity index is 904. The average molecular weight is 419 g/mol. The number of hydrogen-bond acceptors (Lipinski definition) is 2. The van der Waals surface area contributed by atoms with Gasteiger partial charge in [0.05, 0.1) is 5.92 Å². The van der Waals surface area contributed by atoms with Gasteiger partial charge in [-0.3, -0.25) is 9.59 Å². The molecule has 0 aromatic heterocycles. The van der Waals surface area contributed by atoms with E-state index in [2.05, 4.69) is 41.7 Å². The molecule has 0 spiro atoms. The van der Waals surface area contributed by atoms with Crippen LogP contribution in [-0.4, -0.2) is 35.8 Å². The lowest BCUT2D eigenvalue weighted by Gasteiger charge is -2.33. The van der Waals surface area contributed by atoms with E-state index in [9.17, 15) is 9.59 Å². The van der Waals surface area contributed by atoms with Gasteiger partial charge in [0, 0.05) is 24.7 Å². The van der Waals surface area contributed by atoms with Crippen molar-refractivity contribution in [2.24, 2.45) is 11.8 Å². The summed E-state index contributed by atoms with van der Waals surface area (Å²) in [5.74, 6) is 0.717. The molecule has 1 heterocycles. The molecule has 4 rings (SSSR count). The summed E-state index contributed by atoms with van der Waals surface area (Å²) < 4.78 is 0. The zero-order chi connectivity index (χ0) is 21.8. The lowest BCUT2D eigenvalue weighted by atomic mass is 9.95. The molecule has 2 fully saturated rings. The average Bonchev–Trinajstić information content (AvgIpc) is 3.20. The van der Waals surface area contributed by atoms with Crippen LogP contribution in [0.1, 0.15) is 59.2 Å².